The molecule has 0 radical (unpaired) electrons. The van der Waals surface area contributed by atoms with Gasteiger partial charge in [0.15, 0.2) is 9.84 Å². The Hall–Kier alpha value is 0.610. The van der Waals surface area contributed by atoms with E-state index in [1.165, 1.54) is 0 Å². The highest BCUT2D eigenvalue weighted by Crippen LogP contribution is 2.18. The van der Waals surface area contributed by atoms with Gasteiger partial charge in [-0.15, -0.1) is 0 Å². The van der Waals surface area contributed by atoms with Crippen molar-refractivity contribution in [3.05, 3.63) is 28.7 Å². The van der Waals surface area contributed by atoms with Crippen LogP contribution in [0.2, 0.25) is 0 Å². The van der Waals surface area contributed by atoms with Crippen molar-refractivity contribution in [3.63, 3.8) is 0 Å². The highest BCUT2D eigenvalue weighted by Gasteiger charge is 2.18. The van der Waals surface area contributed by atoms with E-state index in [4.69, 9.17) is 0 Å². The molecule has 0 spiro atoms. The summed E-state index contributed by atoms with van der Waals surface area (Å²) in [5.41, 5.74) is 0. The maximum absolute atomic E-state index is 11.8. The summed E-state index contributed by atoms with van der Waals surface area (Å²) in [5, 5.41) is 0.614. The summed E-state index contributed by atoms with van der Waals surface area (Å²) in [6.45, 7) is 0. The molecule has 0 aromatic heterocycles. The van der Waals surface area contributed by atoms with E-state index in [1.54, 1.807) is 24.3 Å². The molecule has 0 saturated heterocycles. The third kappa shape index (κ3) is 4.17. The number of hydrogen-bond donors (Lipinski definition) is 0. The average molecular weight is 421 g/mol. The lowest BCUT2D eigenvalue weighted by Gasteiger charge is -2.07. The fraction of sp³-hybridized carbons (Fsp3) is 0.333. The summed E-state index contributed by atoms with van der Waals surface area (Å²) in [6, 6.07) is 6.66. The summed E-state index contributed by atoms with van der Waals surface area (Å²) < 4.78 is 24.6. The van der Waals surface area contributed by atoms with Crippen LogP contribution in [0, 0.1) is 0 Å². The Labute approximate surface area is 115 Å². The van der Waals surface area contributed by atoms with Crippen LogP contribution in [0.1, 0.15) is 0 Å². The Morgan fingerprint density at radius 1 is 1.20 bits per heavy atom. The van der Waals surface area contributed by atoms with E-state index in [9.17, 15) is 8.42 Å². The molecule has 0 aliphatic heterocycles. The predicted molar refractivity (Wildman–Crippen MR) is 72.7 cm³/mol. The average Bonchev–Trinajstić information content (AvgIpc) is 2.17. The molecule has 0 bridgehead atoms. The molecule has 0 fully saturated rings. The lowest BCUT2D eigenvalue weighted by Crippen LogP contribution is -2.17. The highest BCUT2D eigenvalue weighted by molar-refractivity contribution is 9.12. The van der Waals surface area contributed by atoms with Crippen molar-refractivity contribution in [3.8, 4) is 0 Å². The number of halogens is 3. The van der Waals surface area contributed by atoms with Crippen LogP contribution in [-0.4, -0.2) is 24.3 Å². The molecule has 6 heteroatoms. The van der Waals surface area contributed by atoms with Gasteiger partial charge in [-0.05, 0) is 24.3 Å². The predicted octanol–water partition coefficient (Wildman–Crippen LogP) is 3.38. The maximum atomic E-state index is 11.8. The third-order valence-electron chi connectivity index (χ3n) is 1.74. The van der Waals surface area contributed by atoms with Gasteiger partial charge in [0.1, 0.15) is 0 Å². The Morgan fingerprint density at radius 3 is 2.20 bits per heavy atom. The van der Waals surface area contributed by atoms with Gasteiger partial charge in [-0.25, -0.2) is 8.42 Å². The fourth-order valence-electron chi connectivity index (χ4n) is 1.02. The van der Waals surface area contributed by atoms with Crippen LogP contribution in [-0.2, 0) is 9.84 Å². The van der Waals surface area contributed by atoms with Crippen LogP contribution >= 0.6 is 47.8 Å². The monoisotopic (exact) mass is 418 g/mol. The standard InChI is InChI=1S/C9H9Br3O2S/c10-5-8(12)6-15(13,14)9-3-1-7(11)2-4-9/h1-4,8H,5-6H2/t8-/m0/s1. The van der Waals surface area contributed by atoms with E-state index < -0.39 is 9.84 Å². The van der Waals surface area contributed by atoms with Crippen molar-refractivity contribution in [2.45, 2.75) is 9.72 Å². The first-order valence-corrected chi connectivity index (χ1v) is 8.62. The minimum Gasteiger partial charge on any atom is -0.224 e. The van der Waals surface area contributed by atoms with E-state index in [0.717, 1.165) is 4.47 Å². The third-order valence-corrected chi connectivity index (χ3v) is 6.83. The number of benzene rings is 1. The van der Waals surface area contributed by atoms with Crippen LogP contribution < -0.4 is 0 Å². The van der Waals surface area contributed by atoms with Crippen molar-refractivity contribution >= 4 is 57.6 Å². The Bertz CT molecular complexity index is 413. The molecular formula is C9H9Br3O2S. The number of alkyl halides is 2. The van der Waals surface area contributed by atoms with Crippen molar-refractivity contribution in [1.82, 2.24) is 0 Å². The van der Waals surface area contributed by atoms with Crippen molar-refractivity contribution in [2.75, 3.05) is 11.1 Å². The molecule has 2 nitrogen and oxygen atoms in total. The molecule has 1 atom stereocenters. The normalized spacial score (nSPS) is 13.8. The number of hydrogen-bond acceptors (Lipinski definition) is 2. The van der Waals surface area contributed by atoms with Crippen LogP contribution in [0.3, 0.4) is 0 Å². The Morgan fingerprint density at radius 2 is 1.73 bits per heavy atom. The first-order valence-electron chi connectivity index (χ1n) is 4.14. The lowest BCUT2D eigenvalue weighted by atomic mass is 10.4. The van der Waals surface area contributed by atoms with E-state index in [1.807, 2.05) is 0 Å². The second-order valence-corrected chi connectivity index (χ2v) is 7.88. The van der Waals surface area contributed by atoms with Crippen molar-refractivity contribution < 1.29 is 8.42 Å². The molecule has 1 rings (SSSR count). The van der Waals surface area contributed by atoms with Gasteiger partial charge in [-0.3, -0.25) is 0 Å². The molecule has 15 heavy (non-hydrogen) atoms. The van der Waals surface area contributed by atoms with Crippen LogP contribution in [0.5, 0.6) is 0 Å². The van der Waals surface area contributed by atoms with E-state index >= 15 is 0 Å². The van der Waals surface area contributed by atoms with Gasteiger partial charge in [-0.2, -0.15) is 0 Å². The molecular weight excluding hydrogens is 412 g/mol. The molecule has 0 heterocycles. The van der Waals surface area contributed by atoms with Gasteiger partial charge in [0.05, 0.1) is 10.6 Å². The Balaban J connectivity index is 2.91. The molecule has 0 N–H and O–H groups in total. The molecule has 1 aromatic carbocycles. The van der Waals surface area contributed by atoms with E-state index in [-0.39, 0.29) is 10.6 Å². The minimum atomic E-state index is -3.19. The summed E-state index contributed by atoms with van der Waals surface area (Å²) >= 11 is 9.79. The van der Waals surface area contributed by atoms with Gasteiger partial charge >= 0.3 is 0 Å². The molecule has 84 valence electrons. The zero-order valence-electron chi connectivity index (χ0n) is 7.66. The molecule has 0 aliphatic rings. The van der Waals surface area contributed by atoms with Crippen LogP contribution in [0.25, 0.3) is 0 Å². The quantitative estimate of drug-likeness (QED) is 0.700. The SMILES string of the molecule is O=S(=O)(C[C@@H](Br)CBr)c1ccc(Br)cc1. The van der Waals surface area contributed by atoms with Gasteiger partial charge < -0.3 is 0 Å². The number of sulfone groups is 1. The van der Waals surface area contributed by atoms with Gasteiger partial charge in [0, 0.05) is 14.6 Å². The zero-order chi connectivity index (χ0) is 11.5. The first kappa shape index (κ1) is 13.7. The van der Waals surface area contributed by atoms with Crippen LogP contribution in [0.15, 0.2) is 33.6 Å². The van der Waals surface area contributed by atoms with E-state index in [2.05, 4.69) is 47.8 Å². The lowest BCUT2D eigenvalue weighted by molar-refractivity contribution is 0.595. The summed E-state index contributed by atoms with van der Waals surface area (Å²) in [7, 11) is -3.19. The molecule has 0 saturated carbocycles. The molecule has 0 aliphatic carbocycles. The maximum Gasteiger partial charge on any atom is 0.179 e. The second-order valence-electron chi connectivity index (χ2n) is 2.99. The summed E-state index contributed by atoms with van der Waals surface area (Å²) in [4.78, 5) is 0.294. The van der Waals surface area contributed by atoms with Crippen LogP contribution in [0.4, 0.5) is 0 Å². The van der Waals surface area contributed by atoms with Crippen molar-refractivity contribution in [2.24, 2.45) is 0 Å². The Kier molecular flexibility index (Phi) is 5.28. The number of rotatable bonds is 4. The molecule has 0 amide bonds. The van der Waals surface area contributed by atoms with E-state index in [0.29, 0.717) is 10.2 Å². The molecule has 1 aromatic rings. The first-order chi connectivity index (χ1) is 6.95. The summed E-state index contributed by atoms with van der Waals surface area (Å²) in [6.07, 6.45) is 0. The second kappa shape index (κ2) is 5.80. The largest absolute Gasteiger partial charge is 0.224 e. The van der Waals surface area contributed by atoms with Crippen molar-refractivity contribution in [1.29, 1.82) is 0 Å². The summed E-state index contributed by atoms with van der Waals surface area (Å²) in [5.74, 6) is 0.0971. The minimum absolute atomic E-state index is 0.0638. The van der Waals surface area contributed by atoms with Gasteiger partial charge in [0.2, 0.25) is 0 Å². The van der Waals surface area contributed by atoms with Gasteiger partial charge in [0.25, 0.3) is 0 Å². The molecule has 0 unspecified atom stereocenters. The highest BCUT2D eigenvalue weighted by atomic mass is 79.9. The fourth-order valence-corrected chi connectivity index (χ4v) is 4.20. The van der Waals surface area contributed by atoms with Gasteiger partial charge in [-0.1, -0.05) is 47.8 Å². The smallest absolute Gasteiger partial charge is 0.179 e. The topological polar surface area (TPSA) is 34.1 Å². The zero-order valence-corrected chi connectivity index (χ0v) is 13.2.